The molecule has 200 valence electrons. The van der Waals surface area contributed by atoms with E-state index in [2.05, 4.69) is 32.9 Å². The topological polar surface area (TPSA) is 98.0 Å². The molecule has 0 amide bonds. The Labute approximate surface area is 213 Å². The lowest BCUT2D eigenvalue weighted by Crippen LogP contribution is -2.56. The first-order valence-electron chi connectivity index (χ1n) is 13.2. The molecule has 5 heteroatoms. The highest BCUT2D eigenvalue weighted by molar-refractivity contribution is 5.74. The Bertz CT molecular complexity index is 798. The molecule has 1 fully saturated rings. The average Bonchev–Trinajstić information content (AvgIpc) is 2.81. The highest BCUT2D eigenvalue weighted by Crippen LogP contribution is 2.55. The summed E-state index contributed by atoms with van der Waals surface area (Å²) in [6.07, 6.45) is 12.6. The smallest absolute Gasteiger partial charge is 0.145 e. The van der Waals surface area contributed by atoms with Crippen molar-refractivity contribution in [3.05, 3.63) is 46.1 Å². The van der Waals surface area contributed by atoms with E-state index in [1.54, 1.807) is 13.8 Å². The lowest BCUT2D eigenvalue weighted by Gasteiger charge is -2.54. The molecule has 4 atom stereocenters. The molecule has 0 aliphatic heterocycles. The van der Waals surface area contributed by atoms with E-state index in [1.165, 1.54) is 11.1 Å². The van der Waals surface area contributed by atoms with Gasteiger partial charge >= 0.3 is 0 Å². The minimum absolute atomic E-state index is 0.0278. The van der Waals surface area contributed by atoms with Crippen molar-refractivity contribution in [2.75, 3.05) is 13.2 Å². The number of allylic oxidation sites excluding steroid dienone is 6. The molecule has 1 rings (SSSR count). The molecule has 1 unspecified atom stereocenters. The normalized spacial score (nSPS) is 28.0. The standard InChI is InChI=1S/C30H50O5/c1-22(2)10-7-11-23(3)14-15-28(34)24(4)12-8-17-30(21-33)27(13-9-19-31)26(25(5)20-32)16-18-29(30,6)35/h10,12,14,20,27-28,31,33-35H,7-9,11,13,15-19,21H2,1-6H3/b23-14+,24-12+,26-25-/t27-,28?,29+,30-/m1/s1. The first-order valence-corrected chi connectivity index (χ1v) is 13.2. The number of hydrogen-bond acceptors (Lipinski definition) is 5. The fourth-order valence-corrected chi connectivity index (χ4v) is 5.49. The van der Waals surface area contributed by atoms with Crippen molar-refractivity contribution in [1.82, 2.24) is 0 Å². The van der Waals surface area contributed by atoms with Crippen LogP contribution < -0.4 is 0 Å². The van der Waals surface area contributed by atoms with Gasteiger partial charge in [-0.05, 0) is 116 Å². The fraction of sp³-hybridized carbons (Fsp3) is 0.700. The van der Waals surface area contributed by atoms with Gasteiger partial charge in [-0.25, -0.2) is 0 Å². The lowest BCUT2D eigenvalue weighted by molar-refractivity contribution is -0.146. The molecule has 0 aromatic heterocycles. The van der Waals surface area contributed by atoms with Crippen molar-refractivity contribution in [3.8, 4) is 0 Å². The molecule has 0 heterocycles. The van der Waals surface area contributed by atoms with Crippen LogP contribution in [0.25, 0.3) is 0 Å². The van der Waals surface area contributed by atoms with Crippen molar-refractivity contribution in [1.29, 1.82) is 0 Å². The average molecular weight is 491 g/mol. The second-order valence-corrected chi connectivity index (χ2v) is 10.9. The fourth-order valence-electron chi connectivity index (χ4n) is 5.49. The second kappa shape index (κ2) is 14.9. The van der Waals surface area contributed by atoms with E-state index in [0.717, 1.165) is 30.3 Å². The highest BCUT2D eigenvalue weighted by Gasteiger charge is 2.54. The van der Waals surface area contributed by atoms with Crippen LogP contribution in [-0.2, 0) is 4.79 Å². The molecule has 0 radical (unpaired) electrons. The van der Waals surface area contributed by atoms with E-state index in [9.17, 15) is 25.2 Å². The van der Waals surface area contributed by atoms with Gasteiger partial charge in [0, 0.05) is 12.0 Å². The third-order valence-electron chi connectivity index (χ3n) is 8.02. The third kappa shape index (κ3) is 8.82. The molecule has 4 N–H and O–H groups in total. The van der Waals surface area contributed by atoms with Gasteiger partial charge in [0.2, 0.25) is 0 Å². The summed E-state index contributed by atoms with van der Waals surface area (Å²) in [6, 6.07) is 0. The summed E-state index contributed by atoms with van der Waals surface area (Å²) >= 11 is 0. The van der Waals surface area contributed by atoms with Crippen LogP contribution in [0.15, 0.2) is 46.1 Å². The van der Waals surface area contributed by atoms with Gasteiger partial charge in [-0.2, -0.15) is 0 Å². The summed E-state index contributed by atoms with van der Waals surface area (Å²) in [5, 5.41) is 42.2. The van der Waals surface area contributed by atoms with E-state index < -0.39 is 17.1 Å². The predicted octanol–water partition coefficient (Wildman–Crippen LogP) is 5.58. The van der Waals surface area contributed by atoms with Gasteiger partial charge in [-0.3, -0.25) is 4.79 Å². The maximum atomic E-state index is 11.6. The summed E-state index contributed by atoms with van der Waals surface area (Å²) in [5.41, 5.74) is 3.20. The second-order valence-electron chi connectivity index (χ2n) is 10.9. The number of aliphatic hydroxyl groups excluding tert-OH is 3. The minimum Gasteiger partial charge on any atom is -0.396 e. The minimum atomic E-state index is -1.10. The number of aliphatic hydroxyl groups is 4. The Kier molecular flexibility index (Phi) is 13.4. The summed E-state index contributed by atoms with van der Waals surface area (Å²) in [7, 11) is 0. The molecule has 35 heavy (non-hydrogen) atoms. The van der Waals surface area contributed by atoms with E-state index in [4.69, 9.17) is 0 Å². The molecule has 1 aliphatic rings. The Morgan fingerprint density at radius 3 is 2.34 bits per heavy atom. The molecule has 1 aliphatic carbocycles. The van der Waals surface area contributed by atoms with Gasteiger partial charge in [-0.15, -0.1) is 0 Å². The van der Waals surface area contributed by atoms with Gasteiger partial charge in [-0.1, -0.05) is 34.9 Å². The molecule has 0 aromatic carbocycles. The number of aldehydes is 1. The van der Waals surface area contributed by atoms with Crippen LogP contribution in [0.2, 0.25) is 0 Å². The number of carbonyl (C=O) groups is 1. The van der Waals surface area contributed by atoms with Gasteiger partial charge in [0.25, 0.3) is 0 Å². The van der Waals surface area contributed by atoms with E-state index in [0.29, 0.717) is 50.5 Å². The van der Waals surface area contributed by atoms with Gasteiger partial charge < -0.3 is 20.4 Å². The molecule has 0 aromatic rings. The van der Waals surface area contributed by atoms with Crippen LogP contribution in [0.1, 0.15) is 99.3 Å². The molecule has 0 spiro atoms. The Morgan fingerprint density at radius 2 is 1.77 bits per heavy atom. The molecule has 0 saturated heterocycles. The SMILES string of the molecule is CC(C)=CCC/C(C)=C/CC(O)/C(C)=C/CC[C@@]1(CO)[C@H](CCCO)/C(=C(/C)C=O)CC[C@]1(C)O. The molecule has 0 bridgehead atoms. The van der Waals surface area contributed by atoms with Crippen LogP contribution in [0.3, 0.4) is 0 Å². The van der Waals surface area contributed by atoms with Crippen molar-refractivity contribution in [2.45, 2.75) is 111 Å². The van der Waals surface area contributed by atoms with Gasteiger partial charge in [0.05, 0.1) is 18.3 Å². The van der Waals surface area contributed by atoms with Crippen molar-refractivity contribution in [2.24, 2.45) is 11.3 Å². The first-order chi connectivity index (χ1) is 16.5. The maximum absolute atomic E-state index is 11.6. The lowest BCUT2D eigenvalue weighted by atomic mass is 9.53. The van der Waals surface area contributed by atoms with Crippen LogP contribution >= 0.6 is 0 Å². The third-order valence-corrected chi connectivity index (χ3v) is 8.02. The van der Waals surface area contributed by atoms with Crippen LogP contribution in [-0.4, -0.2) is 51.6 Å². The quantitative estimate of drug-likeness (QED) is 0.145. The van der Waals surface area contributed by atoms with Crippen LogP contribution in [0, 0.1) is 11.3 Å². The molecular formula is C30H50O5. The monoisotopic (exact) mass is 490 g/mol. The number of carbonyl (C=O) groups excluding carboxylic acids is 1. The Balaban J connectivity index is 3.02. The van der Waals surface area contributed by atoms with Crippen LogP contribution in [0.4, 0.5) is 0 Å². The van der Waals surface area contributed by atoms with Crippen molar-refractivity contribution in [3.63, 3.8) is 0 Å². The van der Waals surface area contributed by atoms with Crippen molar-refractivity contribution < 1.29 is 25.2 Å². The first kappa shape index (κ1) is 31.5. The summed E-state index contributed by atoms with van der Waals surface area (Å²) < 4.78 is 0. The maximum Gasteiger partial charge on any atom is 0.145 e. The number of hydrogen-bond donors (Lipinski definition) is 4. The largest absolute Gasteiger partial charge is 0.396 e. The molecule has 5 nitrogen and oxygen atoms in total. The zero-order valence-electron chi connectivity index (χ0n) is 22.9. The van der Waals surface area contributed by atoms with E-state index >= 15 is 0 Å². The zero-order valence-corrected chi connectivity index (χ0v) is 22.9. The van der Waals surface area contributed by atoms with Gasteiger partial charge in [0.15, 0.2) is 0 Å². The summed E-state index contributed by atoms with van der Waals surface area (Å²) in [6.45, 7) is 11.6. The van der Waals surface area contributed by atoms with Gasteiger partial charge in [0.1, 0.15) is 6.29 Å². The Morgan fingerprint density at radius 1 is 1.09 bits per heavy atom. The zero-order chi connectivity index (χ0) is 26.6. The predicted molar refractivity (Wildman–Crippen MR) is 144 cm³/mol. The summed E-state index contributed by atoms with van der Waals surface area (Å²) in [5.74, 6) is -0.182. The summed E-state index contributed by atoms with van der Waals surface area (Å²) in [4.78, 5) is 11.6. The van der Waals surface area contributed by atoms with Crippen molar-refractivity contribution >= 4 is 6.29 Å². The Hall–Kier alpha value is -1.53. The number of rotatable bonds is 14. The highest BCUT2D eigenvalue weighted by atomic mass is 16.3. The molecule has 1 saturated carbocycles. The van der Waals surface area contributed by atoms with E-state index in [1.807, 2.05) is 13.0 Å². The van der Waals surface area contributed by atoms with E-state index in [-0.39, 0.29) is 19.1 Å². The van der Waals surface area contributed by atoms with Crippen LogP contribution in [0.5, 0.6) is 0 Å². The molecular weight excluding hydrogens is 440 g/mol.